The SMILES string of the molecule is [C-]#[N+]CC[C@H]1CC[C@@H]2O[C@H]3C[C@]2(COC3O)O1. The van der Waals surface area contributed by atoms with Crippen LogP contribution in [0.2, 0.25) is 0 Å². The van der Waals surface area contributed by atoms with Crippen molar-refractivity contribution in [3.05, 3.63) is 11.4 Å². The predicted octanol–water partition coefficient (Wildman–Crippen LogP) is 0.720. The zero-order valence-electron chi connectivity index (χ0n) is 9.67. The van der Waals surface area contributed by atoms with Gasteiger partial charge in [-0.05, 0) is 12.8 Å². The average molecular weight is 239 g/mol. The van der Waals surface area contributed by atoms with Crippen molar-refractivity contribution in [3.8, 4) is 0 Å². The maximum atomic E-state index is 9.60. The van der Waals surface area contributed by atoms with Crippen molar-refractivity contribution in [2.24, 2.45) is 0 Å². The standard InChI is InChI=1S/C12H17NO4/c1-13-5-4-8-2-3-10-12(17-8)6-9(16-10)11(14)15-7-12/h8-11,14H,2-7H2/t8-,9+,10+,11?,12-/m1/s1. The minimum absolute atomic E-state index is 0.0499. The first-order valence-corrected chi connectivity index (χ1v) is 6.20. The van der Waals surface area contributed by atoms with Crippen LogP contribution >= 0.6 is 0 Å². The molecule has 0 saturated carbocycles. The van der Waals surface area contributed by atoms with Gasteiger partial charge in [0.1, 0.15) is 11.7 Å². The molecule has 1 unspecified atom stereocenters. The molecule has 5 nitrogen and oxygen atoms in total. The van der Waals surface area contributed by atoms with Gasteiger partial charge in [-0.2, -0.15) is 0 Å². The maximum absolute atomic E-state index is 9.60. The van der Waals surface area contributed by atoms with Gasteiger partial charge in [0, 0.05) is 12.8 Å². The highest BCUT2D eigenvalue weighted by Gasteiger charge is 2.58. The fourth-order valence-electron chi connectivity index (χ4n) is 3.14. The highest BCUT2D eigenvalue weighted by Crippen LogP contribution is 2.46. The van der Waals surface area contributed by atoms with E-state index in [-0.39, 0.29) is 23.9 Å². The summed E-state index contributed by atoms with van der Waals surface area (Å²) in [6, 6.07) is 0. The number of rotatable bonds is 2. The maximum Gasteiger partial charge on any atom is 0.217 e. The van der Waals surface area contributed by atoms with Crippen LogP contribution in [-0.4, -0.2) is 48.5 Å². The highest BCUT2D eigenvalue weighted by molar-refractivity contribution is 5.04. The van der Waals surface area contributed by atoms with Crippen molar-refractivity contribution in [1.82, 2.24) is 0 Å². The number of hydrogen-bond acceptors (Lipinski definition) is 4. The van der Waals surface area contributed by atoms with Gasteiger partial charge in [0.05, 0.1) is 18.8 Å². The Balaban J connectivity index is 1.70. The van der Waals surface area contributed by atoms with Gasteiger partial charge in [0.25, 0.3) is 0 Å². The summed E-state index contributed by atoms with van der Waals surface area (Å²) < 4.78 is 17.2. The zero-order valence-corrected chi connectivity index (χ0v) is 9.67. The normalized spacial score (nSPS) is 48.5. The molecule has 94 valence electrons. The van der Waals surface area contributed by atoms with Crippen LogP contribution in [0.15, 0.2) is 0 Å². The van der Waals surface area contributed by atoms with Gasteiger partial charge in [0.2, 0.25) is 6.54 Å². The molecule has 3 aliphatic rings. The van der Waals surface area contributed by atoms with Crippen LogP contribution in [0.1, 0.15) is 25.7 Å². The van der Waals surface area contributed by atoms with Crippen molar-refractivity contribution in [2.45, 2.75) is 55.9 Å². The minimum atomic E-state index is -0.809. The molecular formula is C12H17NO4. The van der Waals surface area contributed by atoms with Gasteiger partial charge >= 0.3 is 0 Å². The summed E-state index contributed by atoms with van der Waals surface area (Å²) >= 11 is 0. The second-order valence-electron chi connectivity index (χ2n) is 5.12. The second kappa shape index (κ2) is 4.21. The van der Waals surface area contributed by atoms with Gasteiger partial charge in [0.15, 0.2) is 6.29 Å². The number of ether oxygens (including phenoxy) is 3. The lowest BCUT2D eigenvalue weighted by Crippen LogP contribution is -2.54. The lowest BCUT2D eigenvalue weighted by Gasteiger charge is -2.42. The molecule has 0 aromatic rings. The first-order valence-electron chi connectivity index (χ1n) is 6.20. The van der Waals surface area contributed by atoms with Crippen molar-refractivity contribution < 1.29 is 19.3 Å². The average Bonchev–Trinajstić information content (AvgIpc) is 2.66. The molecule has 0 aromatic carbocycles. The lowest BCUT2D eigenvalue weighted by molar-refractivity contribution is -0.222. The molecule has 3 heterocycles. The fraction of sp³-hybridized carbons (Fsp3) is 0.917. The summed E-state index contributed by atoms with van der Waals surface area (Å²) in [6.07, 6.45) is 2.51. The molecule has 3 aliphatic heterocycles. The molecular weight excluding hydrogens is 222 g/mol. The fourth-order valence-corrected chi connectivity index (χ4v) is 3.14. The van der Waals surface area contributed by atoms with Crippen LogP contribution in [0.25, 0.3) is 4.85 Å². The third-order valence-electron chi connectivity index (χ3n) is 4.00. The number of hydrogen-bond donors (Lipinski definition) is 1. The first-order chi connectivity index (χ1) is 8.23. The molecule has 1 spiro atoms. The van der Waals surface area contributed by atoms with Gasteiger partial charge in [-0.3, -0.25) is 0 Å². The molecule has 3 rings (SSSR count). The molecule has 1 N–H and O–H groups in total. The topological polar surface area (TPSA) is 52.3 Å². The Labute approximate surface area is 100 Å². The smallest absolute Gasteiger partial charge is 0.217 e. The molecule has 0 radical (unpaired) electrons. The van der Waals surface area contributed by atoms with Crippen molar-refractivity contribution in [2.75, 3.05) is 13.2 Å². The molecule has 0 amide bonds. The minimum Gasteiger partial charge on any atom is -0.366 e. The van der Waals surface area contributed by atoms with E-state index in [9.17, 15) is 5.11 Å². The lowest BCUT2D eigenvalue weighted by atomic mass is 9.85. The van der Waals surface area contributed by atoms with Crippen LogP contribution in [0.4, 0.5) is 0 Å². The predicted molar refractivity (Wildman–Crippen MR) is 58.2 cm³/mol. The summed E-state index contributed by atoms with van der Waals surface area (Å²) in [7, 11) is 0. The third kappa shape index (κ3) is 1.85. The van der Waals surface area contributed by atoms with Crippen molar-refractivity contribution in [3.63, 3.8) is 0 Å². The third-order valence-corrected chi connectivity index (χ3v) is 4.00. The molecule has 17 heavy (non-hydrogen) atoms. The van der Waals surface area contributed by atoms with Crippen LogP contribution in [0, 0.1) is 6.57 Å². The Morgan fingerprint density at radius 1 is 1.41 bits per heavy atom. The van der Waals surface area contributed by atoms with E-state index in [0.29, 0.717) is 19.6 Å². The molecule has 2 bridgehead atoms. The Hall–Kier alpha value is -0.670. The van der Waals surface area contributed by atoms with Gasteiger partial charge < -0.3 is 24.2 Å². The summed E-state index contributed by atoms with van der Waals surface area (Å²) in [5.74, 6) is 0. The van der Waals surface area contributed by atoms with Crippen molar-refractivity contribution >= 4 is 0 Å². The van der Waals surface area contributed by atoms with Gasteiger partial charge in [-0.25, -0.2) is 6.57 Å². The van der Waals surface area contributed by atoms with E-state index < -0.39 is 6.29 Å². The van der Waals surface area contributed by atoms with E-state index in [4.69, 9.17) is 20.8 Å². The van der Waals surface area contributed by atoms with Crippen molar-refractivity contribution in [1.29, 1.82) is 0 Å². The van der Waals surface area contributed by atoms with Crippen LogP contribution in [0.5, 0.6) is 0 Å². The Morgan fingerprint density at radius 2 is 2.29 bits per heavy atom. The molecule has 5 heteroatoms. The summed E-state index contributed by atoms with van der Waals surface area (Å²) in [4.78, 5) is 3.37. The summed E-state index contributed by atoms with van der Waals surface area (Å²) in [5, 5.41) is 9.60. The van der Waals surface area contributed by atoms with E-state index >= 15 is 0 Å². The molecule has 5 atom stereocenters. The zero-order chi connectivity index (χ0) is 11.9. The Kier molecular flexibility index (Phi) is 2.83. The van der Waals surface area contributed by atoms with E-state index in [0.717, 1.165) is 19.3 Å². The van der Waals surface area contributed by atoms with E-state index in [1.165, 1.54) is 0 Å². The van der Waals surface area contributed by atoms with Crippen LogP contribution in [-0.2, 0) is 14.2 Å². The summed E-state index contributed by atoms with van der Waals surface area (Å²) in [6.45, 7) is 7.74. The first kappa shape index (κ1) is 11.4. The monoisotopic (exact) mass is 239 g/mol. The van der Waals surface area contributed by atoms with Gasteiger partial charge in [-0.1, -0.05) is 0 Å². The summed E-state index contributed by atoms with van der Waals surface area (Å²) in [5.41, 5.74) is -0.366. The Morgan fingerprint density at radius 3 is 3.12 bits per heavy atom. The Bertz CT molecular complexity index is 342. The number of aliphatic hydroxyl groups excluding tert-OH is 1. The largest absolute Gasteiger partial charge is 0.366 e. The van der Waals surface area contributed by atoms with E-state index in [1.54, 1.807) is 0 Å². The molecule has 3 fully saturated rings. The quantitative estimate of drug-likeness (QED) is 0.721. The van der Waals surface area contributed by atoms with Gasteiger partial charge in [-0.15, -0.1) is 0 Å². The van der Waals surface area contributed by atoms with Crippen LogP contribution in [0.3, 0.4) is 0 Å². The highest BCUT2D eigenvalue weighted by atomic mass is 16.7. The van der Waals surface area contributed by atoms with E-state index in [2.05, 4.69) is 4.85 Å². The van der Waals surface area contributed by atoms with Crippen LogP contribution < -0.4 is 0 Å². The number of aliphatic hydroxyl groups is 1. The molecule has 0 aromatic heterocycles. The molecule has 3 saturated heterocycles. The second-order valence-corrected chi connectivity index (χ2v) is 5.12. The van der Waals surface area contributed by atoms with E-state index in [1.807, 2.05) is 0 Å². The number of fused-ring (bicyclic) bond motifs is 1. The number of nitrogens with zero attached hydrogens (tertiary/aromatic N) is 1. The molecule has 0 aliphatic carbocycles.